The Bertz CT molecular complexity index is 4550. The zero-order valence-corrected chi connectivity index (χ0v) is 84.0. The topological polar surface area (TPSA) is 422 Å². The van der Waals surface area contributed by atoms with Crippen LogP contribution in [-0.4, -0.2) is 177 Å². The van der Waals surface area contributed by atoms with Crippen LogP contribution in [0.4, 0.5) is 4.79 Å². The number of unbranched alkanes of at least 4 members (excludes halogenated alkanes) is 7. The molecule has 4 aromatic carbocycles. The van der Waals surface area contributed by atoms with Gasteiger partial charge in [-0.15, -0.1) is 0 Å². The quantitative estimate of drug-likeness (QED) is 0.0144. The zero-order valence-electron chi connectivity index (χ0n) is 84.0. The minimum absolute atomic E-state index is 0.00465. The third kappa shape index (κ3) is 30.7. The number of carbonyl (C=O) groups excluding carboxylic acids is 11. The summed E-state index contributed by atoms with van der Waals surface area (Å²) in [6, 6.07) is 26.8. The number of hydrogen-bond donors (Lipinski definition) is 11. The number of nitrogens with two attached hydrogens (primary N) is 4. The number of carbonyl (C=O) groups is 11. The normalized spacial score (nSPS) is 22.6. The number of amides is 7. The predicted molar refractivity (Wildman–Crippen MR) is 532 cm³/mol. The summed E-state index contributed by atoms with van der Waals surface area (Å²) in [7, 11) is -1.01. The van der Waals surface area contributed by atoms with Crippen LogP contribution in [0, 0.1) is 46.3 Å². The van der Waals surface area contributed by atoms with Gasteiger partial charge in [-0.1, -0.05) is 181 Å². The van der Waals surface area contributed by atoms with Crippen LogP contribution in [0.5, 0.6) is 0 Å². The van der Waals surface area contributed by atoms with E-state index >= 15 is 0 Å². The van der Waals surface area contributed by atoms with E-state index in [1.165, 1.54) is 11.1 Å². The molecule has 4 bridgehead atoms. The molecule has 29 heteroatoms. The predicted octanol–water partition coefficient (Wildman–Crippen LogP) is 15.1. The molecule has 2 saturated heterocycles. The molecular formula is C106H163B2N11O16. The second-order valence-electron chi connectivity index (χ2n) is 42.4. The number of Topliss-reactive ketones (excluding diaryl/α,β-unsaturated/α-hetero) is 4. The van der Waals surface area contributed by atoms with Crippen molar-refractivity contribution in [3.05, 3.63) is 119 Å². The molecule has 2 aliphatic heterocycles. The van der Waals surface area contributed by atoms with E-state index in [0.717, 1.165) is 106 Å². The first-order valence-electron chi connectivity index (χ1n) is 50.9. The fraction of sp³-hybridized carbons (Fsp3) is 0.670. The zero-order chi connectivity index (χ0) is 98.7. The van der Waals surface area contributed by atoms with Crippen LogP contribution in [0.3, 0.4) is 0 Å². The Morgan fingerprint density at radius 2 is 0.748 bits per heavy atom. The SMILES string of the molecule is CCCCC[C@H](NC(=O)[C@H](C)CC(=O)[C@H](CCCCNC(=O)c1ccc(-c2ccc(CCCC)cc2)cc1)NC(=O)[C@@H](N)CCNC(=O)OC(C)(C)C)C(=O)C[C@@H](C)B1OC2C[C@@H]3C[C@@H](C3(C)C)[C@]2(C)O1.CCCCc1ccc(-c2ccc(C(=O)NCCCC[C@H](NC(=O)[C@@H](N)CCN)C(=O)C[C@@H](C)C(=O)N[C@@H](CCCCN)C(=O)C[C@@H](C)B3OC4C[C@@H]5C[C@@H](C5(C)C)[C@]4(C)O3)cc2)cc1. The Hall–Kier alpha value is -8.54. The Balaban J connectivity index is 0.000000305. The molecule has 0 spiro atoms. The van der Waals surface area contributed by atoms with E-state index in [-0.39, 0.29) is 145 Å². The van der Waals surface area contributed by atoms with E-state index in [9.17, 15) is 52.7 Å². The van der Waals surface area contributed by atoms with Crippen molar-refractivity contribution < 1.29 is 76.1 Å². The number of alkyl carbamates (subject to hydrolysis) is 1. The Morgan fingerprint density at radius 3 is 1.10 bits per heavy atom. The van der Waals surface area contributed by atoms with E-state index in [0.29, 0.717) is 106 Å². The van der Waals surface area contributed by atoms with Gasteiger partial charge in [0.05, 0.1) is 59.7 Å². The summed E-state index contributed by atoms with van der Waals surface area (Å²) in [4.78, 5) is 148. The molecule has 744 valence electrons. The number of hydrogen-bond acceptors (Lipinski definition) is 20. The Morgan fingerprint density at radius 1 is 0.407 bits per heavy atom. The largest absolute Gasteiger partial charge is 0.461 e. The number of ether oxygens (including phenoxy) is 1. The maximum Gasteiger partial charge on any atom is 0.461 e. The molecule has 6 saturated carbocycles. The van der Waals surface area contributed by atoms with Crippen LogP contribution in [0.25, 0.3) is 22.3 Å². The first-order chi connectivity index (χ1) is 64.1. The molecular weight excluding hydrogens is 1700 g/mol. The Labute approximate surface area is 805 Å². The molecule has 135 heavy (non-hydrogen) atoms. The molecule has 8 fully saturated rings. The van der Waals surface area contributed by atoms with E-state index in [4.69, 9.17) is 46.3 Å². The average Bonchev–Trinajstić information content (AvgIpc) is 1.60. The average molecular weight is 1870 g/mol. The lowest BCUT2D eigenvalue weighted by Gasteiger charge is -2.64. The van der Waals surface area contributed by atoms with Crippen LogP contribution in [0.2, 0.25) is 11.6 Å². The number of rotatable bonds is 55. The van der Waals surface area contributed by atoms with E-state index in [2.05, 4.69) is 148 Å². The molecule has 7 amide bonds. The summed E-state index contributed by atoms with van der Waals surface area (Å²) >= 11 is 0. The van der Waals surface area contributed by atoms with E-state index in [1.807, 2.05) is 50.2 Å². The first-order valence-corrected chi connectivity index (χ1v) is 50.9. The van der Waals surface area contributed by atoms with Crippen LogP contribution < -0.4 is 60.2 Å². The smallest absolute Gasteiger partial charge is 0.444 e. The number of nitrogens with one attached hydrogen (secondary N) is 7. The fourth-order valence-corrected chi connectivity index (χ4v) is 20.8. The van der Waals surface area contributed by atoms with Crippen molar-refractivity contribution in [1.29, 1.82) is 0 Å². The molecule has 18 atom stereocenters. The van der Waals surface area contributed by atoms with Crippen molar-refractivity contribution in [3.8, 4) is 22.3 Å². The highest BCUT2D eigenvalue weighted by molar-refractivity contribution is 6.48. The van der Waals surface area contributed by atoms with Crippen LogP contribution in [-0.2, 0) is 74.6 Å². The lowest BCUT2D eigenvalue weighted by molar-refractivity contribution is -0.199. The summed E-state index contributed by atoms with van der Waals surface area (Å²) in [6.07, 6.45) is 18.1. The number of ketones is 4. The van der Waals surface area contributed by atoms with Gasteiger partial charge in [0.1, 0.15) is 5.60 Å². The van der Waals surface area contributed by atoms with Gasteiger partial charge in [0.25, 0.3) is 11.8 Å². The van der Waals surface area contributed by atoms with Crippen LogP contribution in [0.1, 0.15) is 316 Å². The van der Waals surface area contributed by atoms with E-state index < -0.39 is 97.6 Å². The van der Waals surface area contributed by atoms with E-state index in [1.54, 1.807) is 46.8 Å². The molecule has 6 aliphatic carbocycles. The minimum atomic E-state index is -1.04. The van der Waals surface area contributed by atoms with Crippen molar-refractivity contribution in [2.45, 2.75) is 374 Å². The van der Waals surface area contributed by atoms with Gasteiger partial charge in [0, 0.05) is 68.3 Å². The molecule has 4 aromatic rings. The second-order valence-corrected chi connectivity index (χ2v) is 42.4. The summed E-state index contributed by atoms with van der Waals surface area (Å²) < 4.78 is 31.5. The van der Waals surface area contributed by atoms with Gasteiger partial charge < -0.3 is 83.5 Å². The molecule has 12 rings (SSSR count). The fourth-order valence-electron chi connectivity index (χ4n) is 20.8. The molecule has 2 heterocycles. The highest BCUT2D eigenvalue weighted by Crippen LogP contribution is 2.67. The third-order valence-electron chi connectivity index (χ3n) is 29.9. The van der Waals surface area contributed by atoms with Crippen molar-refractivity contribution >= 4 is 78.9 Å². The third-order valence-corrected chi connectivity index (χ3v) is 29.9. The second kappa shape index (κ2) is 51.4. The van der Waals surface area contributed by atoms with Gasteiger partial charge in [-0.25, -0.2) is 4.79 Å². The van der Waals surface area contributed by atoms with Crippen LogP contribution >= 0.6 is 0 Å². The van der Waals surface area contributed by atoms with Gasteiger partial charge in [0.2, 0.25) is 23.6 Å². The van der Waals surface area contributed by atoms with Crippen molar-refractivity contribution in [2.24, 2.45) is 69.3 Å². The highest BCUT2D eigenvalue weighted by atomic mass is 16.7. The maximum atomic E-state index is 14.0. The van der Waals surface area contributed by atoms with Gasteiger partial charge in [-0.3, -0.25) is 47.9 Å². The van der Waals surface area contributed by atoms with Gasteiger partial charge >= 0.3 is 20.3 Å². The lowest BCUT2D eigenvalue weighted by atomic mass is 9.43. The van der Waals surface area contributed by atoms with Crippen molar-refractivity contribution in [1.82, 2.24) is 37.2 Å². The Kier molecular flexibility index (Phi) is 41.9. The molecule has 27 nitrogen and oxygen atoms in total. The van der Waals surface area contributed by atoms with Crippen molar-refractivity contribution in [3.63, 3.8) is 0 Å². The van der Waals surface area contributed by atoms with Crippen molar-refractivity contribution in [2.75, 3.05) is 32.7 Å². The molecule has 0 aromatic heterocycles. The first kappa shape index (κ1) is 110. The standard InChI is InChI=1S/C56H86BN5O9.C50H77BN6O7/c1-11-13-15-19-45(47(64)33-37(4)57-70-49-35-42-34-48(55(42,8)9)56(49,10)71-57)61-50(65)36(3)32-46(63)44(62-52(67)43(58)29-31-60-53(68)69-54(5,6)7)20-16-17-30-59-51(66)41-27-25-40(26-28-41)39-23-21-38(22-24-39)18-14-12-2;1-7-8-13-34-16-18-35(19-17-34)36-20-22-37(23-21-36)47(61)55-27-12-10-15-40(57-48(62)39(54)24-26-53)42(58)28-32(2)46(60)56-41(14-9-11-25-52)43(59)29-33(3)51-63-45-31-38-30-44(49(38,4)5)50(45,6)64-51/h21-28,36-37,42-45,48-49H,11-20,29-35,58H2,1-10H3,(H,59,66)(H,60,68)(H,61,65)(H,62,67);16-23,32-33,38-41,44-45H,7-15,24-31,52-54H2,1-6H3,(H,55,61)(H,56,60)(H,57,62)/t36-,37-,42+,43+,44+,45+,48+,49?,56+;32-,33-,38+,39+,40+,41+,44+,45?,50+/m11/s1. The molecule has 15 N–H and O–H groups in total. The maximum absolute atomic E-state index is 14.0. The highest BCUT2D eigenvalue weighted by Gasteiger charge is 2.70. The van der Waals surface area contributed by atoms with Crippen LogP contribution in [0.15, 0.2) is 97.1 Å². The number of benzene rings is 4. The number of aryl methyl sites for hydroxylation is 2. The monoisotopic (exact) mass is 1870 g/mol. The molecule has 2 unspecified atom stereocenters. The summed E-state index contributed by atoms with van der Waals surface area (Å²) in [5.41, 5.74) is 30.6. The minimum Gasteiger partial charge on any atom is -0.444 e. The summed E-state index contributed by atoms with van der Waals surface area (Å²) in [6.45, 7) is 34.0. The van der Waals surface area contributed by atoms with Gasteiger partial charge in [-0.2, -0.15) is 0 Å². The van der Waals surface area contributed by atoms with Gasteiger partial charge in [0.15, 0.2) is 23.1 Å². The molecule has 0 radical (unpaired) electrons. The molecule has 8 aliphatic rings. The lowest BCUT2D eigenvalue weighted by Crippen LogP contribution is -2.65. The summed E-state index contributed by atoms with van der Waals surface area (Å²) in [5.74, 6) is -3.16. The van der Waals surface area contributed by atoms with Gasteiger partial charge in [-0.05, 0) is 280 Å². The summed E-state index contributed by atoms with van der Waals surface area (Å²) in [5, 5.41) is 20.1.